The van der Waals surface area contributed by atoms with Gasteiger partial charge >= 0.3 is 0 Å². The summed E-state index contributed by atoms with van der Waals surface area (Å²) in [5, 5.41) is 36.3. The summed E-state index contributed by atoms with van der Waals surface area (Å²) in [5.41, 5.74) is 0. The molecule has 0 saturated heterocycles. The van der Waals surface area contributed by atoms with Gasteiger partial charge in [0.2, 0.25) is 16.7 Å². The van der Waals surface area contributed by atoms with Gasteiger partial charge in [0.25, 0.3) is 0 Å². The van der Waals surface area contributed by atoms with Gasteiger partial charge in [0.1, 0.15) is 0 Å². The van der Waals surface area contributed by atoms with E-state index < -0.39 is 0 Å². The fourth-order valence-corrected chi connectivity index (χ4v) is 3.85. The van der Waals surface area contributed by atoms with Gasteiger partial charge in [0.05, 0.1) is 0 Å². The number of aliphatic hydroxyl groups is 4. The molecule has 33 heavy (non-hydrogen) atoms. The first kappa shape index (κ1) is 29.7. The summed E-state index contributed by atoms with van der Waals surface area (Å²) >= 11 is 5.41. The normalized spacial score (nSPS) is 11.2. The molecule has 1 aromatic rings. The van der Waals surface area contributed by atoms with Crippen molar-refractivity contribution in [2.45, 2.75) is 77.0 Å². The number of aliphatic hydroxyl groups excluding tert-OH is 4. The molecule has 1 heterocycles. The van der Waals surface area contributed by atoms with Crippen molar-refractivity contribution in [3.8, 4) is 0 Å². The molecular formula is C23H45N5O4S. The Balaban J connectivity index is 2.97. The second kappa shape index (κ2) is 20.1. The van der Waals surface area contributed by atoms with Crippen LogP contribution < -0.4 is 9.80 Å². The Hall–Kier alpha value is -1.33. The summed E-state index contributed by atoms with van der Waals surface area (Å²) < 4.78 is 0.310. The van der Waals surface area contributed by atoms with Crippen LogP contribution in [0.5, 0.6) is 0 Å². The molecule has 0 radical (unpaired) electrons. The number of aromatic amines is 1. The molecule has 0 amide bonds. The average Bonchev–Trinajstić information content (AvgIpc) is 2.81. The van der Waals surface area contributed by atoms with Crippen molar-refractivity contribution in [3.05, 3.63) is 4.77 Å². The fraction of sp³-hybridized carbons (Fsp3) is 0.870. The van der Waals surface area contributed by atoms with Crippen LogP contribution in [-0.2, 0) is 0 Å². The number of aromatic nitrogens is 3. The Labute approximate surface area is 203 Å². The van der Waals surface area contributed by atoms with Gasteiger partial charge < -0.3 is 30.2 Å². The molecule has 0 aliphatic carbocycles. The van der Waals surface area contributed by atoms with Gasteiger partial charge in [-0.25, -0.2) is 0 Å². The third-order valence-electron chi connectivity index (χ3n) is 5.57. The van der Waals surface area contributed by atoms with E-state index in [0.717, 1.165) is 103 Å². The van der Waals surface area contributed by atoms with Crippen LogP contribution in [0.2, 0.25) is 0 Å². The molecule has 0 saturated carbocycles. The highest BCUT2D eigenvalue weighted by Crippen LogP contribution is 2.17. The average molecular weight is 488 g/mol. The minimum Gasteiger partial charge on any atom is -0.396 e. The summed E-state index contributed by atoms with van der Waals surface area (Å²) in [6.45, 7) is 4.08. The fourth-order valence-electron chi connectivity index (χ4n) is 3.67. The Morgan fingerprint density at radius 1 is 0.515 bits per heavy atom. The molecule has 0 unspecified atom stereocenters. The van der Waals surface area contributed by atoms with E-state index in [-0.39, 0.29) is 26.4 Å². The second-order valence-electron chi connectivity index (χ2n) is 8.39. The highest BCUT2D eigenvalue weighted by atomic mass is 32.1. The summed E-state index contributed by atoms with van der Waals surface area (Å²) in [6.07, 6.45) is 10.8. The van der Waals surface area contributed by atoms with Crippen LogP contribution in [0.4, 0.5) is 11.9 Å². The maximum absolute atomic E-state index is 9.08. The van der Waals surface area contributed by atoms with Crippen molar-refractivity contribution in [2.24, 2.45) is 0 Å². The SMILES string of the molecule is OCCCCCN(CCCCCO)c1nc(=S)nc(N(CCCCCO)CCCCCO)[nH]1. The summed E-state index contributed by atoms with van der Waals surface area (Å²) in [5.74, 6) is 1.43. The van der Waals surface area contributed by atoms with Gasteiger partial charge in [0.15, 0.2) is 0 Å². The molecule has 0 atom stereocenters. The topological polar surface area (TPSA) is 129 Å². The lowest BCUT2D eigenvalue weighted by Crippen LogP contribution is -2.31. The second-order valence-corrected chi connectivity index (χ2v) is 8.75. The summed E-state index contributed by atoms with van der Waals surface area (Å²) in [4.78, 5) is 16.8. The van der Waals surface area contributed by atoms with Crippen LogP contribution in [-0.4, -0.2) is 88.0 Å². The molecule has 1 aromatic heterocycles. The lowest BCUT2D eigenvalue weighted by atomic mass is 10.2. The Kier molecular flexibility index (Phi) is 18.1. The van der Waals surface area contributed by atoms with E-state index in [1.165, 1.54) is 0 Å². The smallest absolute Gasteiger partial charge is 0.225 e. The summed E-state index contributed by atoms with van der Waals surface area (Å²) in [6, 6.07) is 0. The quantitative estimate of drug-likeness (QED) is 0.124. The zero-order chi connectivity index (χ0) is 24.2. The Morgan fingerprint density at radius 2 is 0.818 bits per heavy atom. The number of hydrogen-bond acceptors (Lipinski definition) is 9. The third kappa shape index (κ3) is 13.8. The molecular weight excluding hydrogens is 442 g/mol. The van der Waals surface area contributed by atoms with Gasteiger partial charge in [-0.3, -0.25) is 4.98 Å². The molecule has 0 fully saturated rings. The zero-order valence-electron chi connectivity index (χ0n) is 20.1. The third-order valence-corrected chi connectivity index (χ3v) is 5.75. The number of nitrogens with one attached hydrogen (secondary N) is 1. The number of unbranched alkanes of at least 4 members (excludes halogenated alkanes) is 8. The van der Waals surface area contributed by atoms with Crippen LogP contribution in [0.15, 0.2) is 0 Å². The molecule has 0 aliphatic rings. The van der Waals surface area contributed by atoms with Gasteiger partial charge in [-0.05, 0) is 89.3 Å². The predicted octanol–water partition coefficient (Wildman–Crippen LogP) is 2.80. The highest BCUT2D eigenvalue weighted by molar-refractivity contribution is 7.71. The molecule has 0 aliphatic heterocycles. The van der Waals surface area contributed by atoms with Crippen LogP contribution in [0.1, 0.15) is 77.0 Å². The van der Waals surface area contributed by atoms with Crippen molar-refractivity contribution in [2.75, 3.05) is 62.4 Å². The number of hydrogen-bond donors (Lipinski definition) is 5. The van der Waals surface area contributed by atoms with E-state index in [9.17, 15) is 0 Å². The van der Waals surface area contributed by atoms with Crippen molar-refractivity contribution in [1.29, 1.82) is 0 Å². The maximum Gasteiger partial charge on any atom is 0.225 e. The molecule has 10 heteroatoms. The maximum atomic E-state index is 9.08. The van der Waals surface area contributed by atoms with E-state index in [2.05, 4.69) is 24.8 Å². The van der Waals surface area contributed by atoms with Crippen molar-refractivity contribution >= 4 is 24.1 Å². The van der Waals surface area contributed by atoms with E-state index >= 15 is 0 Å². The first-order valence-corrected chi connectivity index (χ1v) is 13.0. The standard InChI is InChI=1S/C23H45N5O4S/c29-17-9-1-5-13-27(14-6-2-10-18-30)21-24-22(26-23(33)25-21)28(15-7-3-11-19-31)16-8-4-12-20-32/h29-32H,1-20H2,(H,24,25,26,33). The van der Waals surface area contributed by atoms with Gasteiger partial charge in [-0.2, -0.15) is 9.97 Å². The first-order chi connectivity index (χ1) is 16.2. The monoisotopic (exact) mass is 487 g/mol. The van der Waals surface area contributed by atoms with Crippen molar-refractivity contribution in [3.63, 3.8) is 0 Å². The number of nitrogens with zero attached hydrogens (tertiary/aromatic N) is 4. The van der Waals surface area contributed by atoms with E-state index in [1.54, 1.807) is 0 Å². The molecule has 9 nitrogen and oxygen atoms in total. The van der Waals surface area contributed by atoms with Gasteiger partial charge in [0, 0.05) is 52.6 Å². The number of anilines is 2. The molecule has 1 rings (SSSR count). The van der Waals surface area contributed by atoms with Crippen molar-refractivity contribution in [1.82, 2.24) is 15.0 Å². The minimum absolute atomic E-state index is 0.206. The van der Waals surface area contributed by atoms with E-state index in [0.29, 0.717) is 16.7 Å². The Bertz CT molecular complexity index is 576. The van der Waals surface area contributed by atoms with Crippen LogP contribution in [0.25, 0.3) is 0 Å². The van der Waals surface area contributed by atoms with Gasteiger partial charge in [-0.15, -0.1) is 0 Å². The molecule has 0 bridgehead atoms. The van der Waals surface area contributed by atoms with E-state index in [4.69, 9.17) is 32.6 Å². The largest absolute Gasteiger partial charge is 0.396 e. The highest BCUT2D eigenvalue weighted by Gasteiger charge is 2.14. The molecule has 192 valence electrons. The number of H-pyrrole nitrogens is 1. The molecule has 5 N–H and O–H groups in total. The Morgan fingerprint density at radius 3 is 1.09 bits per heavy atom. The van der Waals surface area contributed by atoms with Crippen LogP contribution in [0, 0.1) is 4.77 Å². The van der Waals surface area contributed by atoms with Crippen molar-refractivity contribution < 1.29 is 20.4 Å². The predicted molar refractivity (Wildman–Crippen MR) is 135 cm³/mol. The summed E-state index contributed by atoms with van der Waals surface area (Å²) in [7, 11) is 0. The van der Waals surface area contributed by atoms with E-state index in [1.807, 2.05) is 0 Å². The molecule has 0 aromatic carbocycles. The molecule has 0 spiro atoms. The zero-order valence-corrected chi connectivity index (χ0v) is 20.9. The minimum atomic E-state index is 0.206. The lowest BCUT2D eigenvalue weighted by Gasteiger charge is -2.27. The van der Waals surface area contributed by atoms with Crippen LogP contribution >= 0.6 is 12.2 Å². The first-order valence-electron chi connectivity index (χ1n) is 12.6. The van der Waals surface area contributed by atoms with Gasteiger partial charge in [-0.1, -0.05) is 0 Å². The lowest BCUT2D eigenvalue weighted by molar-refractivity contribution is 0.282. The number of rotatable bonds is 22. The van der Waals surface area contributed by atoms with Crippen LogP contribution in [0.3, 0.4) is 0 Å².